The number of benzene rings is 3. The highest BCUT2D eigenvalue weighted by Gasteiger charge is 2.30. The number of hydrogen-bond acceptors (Lipinski definition) is 4. The Kier molecular flexibility index (Phi) is 14.7. The van der Waals surface area contributed by atoms with E-state index in [4.69, 9.17) is 21.4 Å². The topological polar surface area (TPSA) is 47.3 Å². The van der Waals surface area contributed by atoms with Crippen LogP contribution in [0.25, 0.3) is 5.69 Å². The summed E-state index contributed by atoms with van der Waals surface area (Å²) < 4.78 is 50.7. The number of aliphatic hydroxyl groups excluding tert-OH is 1. The Morgan fingerprint density at radius 1 is 1.05 bits per heavy atom. The number of aryl methyl sites for hydroxylation is 1. The molecule has 0 bridgehead atoms. The lowest BCUT2D eigenvalue weighted by atomic mass is 9.81. The molecule has 0 spiro atoms. The highest BCUT2D eigenvalue weighted by Crippen LogP contribution is 2.39. The molecule has 0 atom stereocenters. The van der Waals surface area contributed by atoms with Crippen molar-refractivity contribution in [2.24, 2.45) is 0 Å². The van der Waals surface area contributed by atoms with E-state index in [-0.39, 0.29) is 23.7 Å². The van der Waals surface area contributed by atoms with E-state index in [0.29, 0.717) is 40.0 Å². The number of alkyl halides is 1. The van der Waals surface area contributed by atoms with Gasteiger partial charge in [-0.15, -0.1) is 18.2 Å². The minimum Gasteiger partial charge on any atom is -0.495 e. The molecule has 3 aromatic carbocycles. The predicted octanol–water partition coefficient (Wildman–Crippen LogP) is 9.54. The van der Waals surface area contributed by atoms with Gasteiger partial charge in [0.2, 0.25) is 0 Å². The van der Waals surface area contributed by atoms with Gasteiger partial charge >= 0.3 is 0 Å². The summed E-state index contributed by atoms with van der Waals surface area (Å²) in [5.41, 5.74) is 2.21. The van der Waals surface area contributed by atoms with Crippen LogP contribution in [-0.4, -0.2) is 34.8 Å². The highest BCUT2D eigenvalue weighted by atomic mass is 35.5. The van der Waals surface area contributed by atoms with Gasteiger partial charge in [-0.05, 0) is 79.4 Å². The van der Waals surface area contributed by atoms with Gasteiger partial charge in [-0.25, -0.2) is 18.2 Å². The van der Waals surface area contributed by atoms with Crippen molar-refractivity contribution in [3.63, 3.8) is 0 Å². The fraction of sp³-hybridized carbons (Fsp3) is 0.303. The van der Waals surface area contributed by atoms with Crippen molar-refractivity contribution in [3.05, 3.63) is 118 Å². The Morgan fingerprint density at radius 3 is 2.21 bits per heavy atom. The SMILES string of the molecule is C=CC.CCl.COc1cc(C(C)(C)c2cnc(SCc3c(F)cc(CCCO)cc3F)n2-c2ccc(F)cc2)ccc1Cl. The van der Waals surface area contributed by atoms with E-state index >= 15 is 0 Å². The first kappa shape index (κ1) is 36.3. The van der Waals surface area contributed by atoms with Crippen molar-refractivity contribution in [2.45, 2.75) is 49.9 Å². The molecule has 4 nitrogen and oxygen atoms in total. The zero-order chi connectivity index (χ0) is 32.2. The van der Waals surface area contributed by atoms with Crippen molar-refractivity contribution in [1.29, 1.82) is 0 Å². The average Bonchev–Trinajstić information content (AvgIpc) is 3.42. The Hall–Kier alpha value is -2.91. The third-order valence-electron chi connectivity index (χ3n) is 6.50. The van der Waals surface area contributed by atoms with Gasteiger partial charge in [-0.2, -0.15) is 0 Å². The van der Waals surface area contributed by atoms with Crippen LogP contribution in [0.15, 0.2) is 78.6 Å². The van der Waals surface area contributed by atoms with E-state index in [1.165, 1.54) is 42.4 Å². The standard InChI is InChI=1S/C29H28ClF3N2O2S.C3H6.CH3Cl/c1-29(2,19-6-11-23(30)26(15-19)37-3)27-16-34-28(35(27)21-9-7-20(31)8-10-21)38-17-22-24(32)13-18(5-4-12-36)14-25(22)33;1-3-2;1-2/h6-11,13-16,36H,4-5,12,17H2,1-3H3;3H,1H2,2H3;1H3. The van der Waals surface area contributed by atoms with Gasteiger partial charge in [0.15, 0.2) is 5.16 Å². The van der Waals surface area contributed by atoms with Gasteiger partial charge in [-0.1, -0.05) is 49.4 Å². The molecule has 0 saturated carbocycles. The lowest BCUT2D eigenvalue weighted by Crippen LogP contribution is -2.23. The summed E-state index contributed by atoms with van der Waals surface area (Å²) in [7, 11) is 1.55. The Labute approximate surface area is 266 Å². The van der Waals surface area contributed by atoms with Crippen LogP contribution in [0.3, 0.4) is 0 Å². The maximum atomic E-state index is 14.8. The zero-order valence-electron chi connectivity index (χ0n) is 24.9. The monoisotopic (exact) mass is 652 g/mol. The number of thioether (sulfide) groups is 1. The molecule has 0 amide bonds. The molecule has 4 aromatic rings. The summed E-state index contributed by atoms with van der Waals surface area (Å²) in [4.78, 5) is 4.60. The van der Waals surface area contributed by atoms with E-state index in [1.807, 2.05) is 37.5 Å². The summed E-state index contributed by atoms with van der Waals surface area (Å²) in [6, 6.07) is 14.1. The molecule has 0 aliphatic rings. The normalized spacial score (nSPS) is 10.8. The second-order valence-electron chi connectivity index (χ2n) is 9.77. The molecule has 10 heteroatoms. The maximum absolute atomic E-state index is 14.8. The number of aliphatic hydroxyl groups is 1. The second-order valence-corrected chi connectivity index (χ2v) is 11.1. The molecular formula is C33H37Cl2F3N2O2S. The number of hydrogen-bond donors (Lipinski definition) is 1. The highest BCUT2D eigenvalue weighted by molar-refractivity contribution is 7.98. The van der Waals surface area contributed by atoms with Crippen LogP contribution in [0.5, 0.6) is 5.75 Å². The second kappa shape index (κ2) is 17.4. The molecule has 0 aliphatic carbocycles. The number of imidazole rings is 1. The van der Waals surface area contributed by atoms with Gasteiger partial charge in [-0.3, -0.25) is 4.57 Å². The number of halogens is 5. The van der Waals surface area contributed by atoms with Crippen molar-refractivity contribution < 1.29 is 23.0 Å². The first-order chi connectivity index (χ1) is 20.6. The number of methoxy groups -OCH3 is 1. The lowest BCUT2D eigenvalue weighted by Gasteiger charge is -2.28. The van der Waals surface area contributed by atoms with Crippen molar-refractivity contribution in [3.8, 4) is 11.4 Å². The van der Waals surface area contributed by atoms with Crippen LogP contribution >= 0.6 is 35.0 Å². The molecule has 0 saturated heterocycles. The van der Waals surface area contributed by atoms with Gasteiger partial charge in [0.05, 0.1) is 24.0 Å². The van der Waals surface area contributed by atoms with Gasteiger partial charge in [0, 0.05) is 35.4 Å². The van der Waals surface area contributed by atoms with Crippen molar-refractivity contribution in [2.75, 3.05) is 20.1 Å². The fourth-order valence-corrected chi connectivity index (χ4v) is 5.48. The fourth-order valence-electron chi connectivity index (χ4n) is 4.27. The zero-order valence-corrected chi connectivity index (χ0v) is 27.3. The third-order valence-corrected chi connectivity index (χ3v) is 7.79. The molecule has 0 radical (unpaired) electrons. The molecule has 1 N–H and O–H groups in total. The Morgan fingerprint density at radius 2 is 1.65 bits per heavy atom. The number of rotatable bonds is 10. The minimum absolute atomic E-state index is 0.00475. The first-order valence-electron chi connectivity index (χ1n) is 13.4. The number of allylic oxidation sites excluding steroid dienone is 1. The van der Waals surface area contributed by atoms with Crippen LogP contribution < -0.4 is 4.74 Å². The van der Waals surface area contributed by atoms with Crippen molar-refractivity contribution in [1.82, 2.24) is 9.55 Å². The van der Waals surface area contributed by atoms with Crippen molar-refractivity contribution >= 4 is 35.0 Å². The molecule has 0 aliphatic heterocycles. The molecule has 0 unspecified atom stereocenters. The van der Waals surface area contributed by atoms with Gasteiger partial charge < -0.3 is 9.84 Å². The molecule has 1 heterocycles. The van der Waals surface area contributed by atoms with Crippen LogP contribution in [-0.2, 0) is 17.6 Å². The summed E-state index contributed by atoms with van der Waals surface area (Å²) in [5.74, 6) is -1.12. The summed E-state index contributed by atoms with van der Waals surface area (Å²) >= 11 is 12.1. The molecular weight excluding hydrogens is 616 g/mol. The average molecular weight is 654 g/mol. The molecule has 0 fully saturated rings. The minimum atomic E-state index is -0.640. The van der Waals surface area contributed by atoms with Crippen LogP contribution in [0.2, 0.25) is 5.02 Å². The predicted molar refractivity (Wildman–Crippen MR) is 173 cm³/mol. The quantitative estimate of drug-likeness (QED) is 0.105. The molecule has 232 valence electrons. The van der Waals surface area contributed by atoms with E-state index < -0.39 is 17.0 Å². The summed E-state index contributed by atoms with van der Waals surface area (Å²) in [6.07, 6.45) is 5.76. The number of aromatic nitrogens is 2. The smallest absolute Gasteiger partial charge is 0.173 e. The lowest BCUT2D eigenvalue weighted by molar-refractivity contribution is 0.288. The van der Waals surface area contributed by atoms with Crippen LogP contribution in [0, 0.1) is 17.5 Å². The van der Waals surface area contributed by atoms with Gasteiger partial charge in [0.1, 0.15) is 23.2 Å². The molecule has 1 aromatic heterocycles. The van der Waals surface area contributed by atoms with E-state index in [9.17, 15) is 13.2 Å². The van der Waals surface area contributed by atoms with E-state index in [1.54, 1.807) is 37.6 Å². The number of nitrogens with zero attached hydrogens (tertiary/aromatic N) is 2. The van der Waals surface area contributed by atoms with Gasteiger partial charge in [0.25, 0.3) is 0 Å². The summed E-state index contributed by atoms with van der Waals surface area (Å²) in [6.45, 7) is 9.24. The maximum Gasteiger partial charge on any atom is 0.173 e. The van der Waals surface area contributed by atoms with E-state index in [2.05, 4.69) is 23.2 Å². The van der Waals surface area contributed by atoms with Crippen LogP contribution in [0.1, 0.15) is 49.6 Å². The molecule has 43 heavy (non-hydrogen) atoms. The largest absolute Gasteiger partial charge is 0.495 e. The summed E-state index contributed by atoms with van der Waals surface area (Å²) in [5, 5.41) is 9.99. The molecule has 4 rings (SSSR count). The number of ether oxygens (including phenoxy) is 1. The Balaban J connectivity index is 0.00000121. The Bertz CT molecular complexity index is 1450. The first-order valence-corrected chi connectivity index (χ1v) is 15.5. The van der Waals surface area contributed by atoms with Crippen LogP contribution in [0.4, 0.5) is 13.2 Å². The third kappa shape index (κ3) is 9.29. The van der Waals surface area contributed by atoms with E-state index in [0.717, 1.165) is 11.3 Å².